The molecule has 2 aromatic rings. The minimum absolute atomic E-state index is 0.0171. The second-order valence-electron chi connectivity index (χ2n) is 4.54. The first kappa shape index (κ1) is 14.9. The van der Waals surface area contributed by atoms with Gasteiger partial charge in [-0.15, -0.1) is 0 Å². The van der Waals surface area contributed by atoms with E-state index in [0.29, 0.717) is 23.9 Å². The lowest BCUT2D eigenvalue weighted by atomic mass is 10.2. The van der Waals surface area contributed by atoms with Gasteiger partial charge in [0.1, 0.15) is 5.75 Å². The number of hydrogen-bond donors (Lipinski definition) is 1. The summed E-state index contributed by atoms with van der Waals surface area (Å²) < 4.78 is 10.5. The number of likely N-dealkylation sites (N-methyl/N-ethyl adjacent to an activating group) is 1. The van der Waals surface area contributed by atoms with Crippen LogP contribution in [0.25, 0.3) is 0 Å². The molecule has 2 rings (SSSR count). The van der Waals surface area contributed by atoms with Gasteiger partial charge in [0.2, 0.25) is 0 Å². The molecule has 8 nitrogen and oxygen atoms in total. The van der Waals surface area contributed by atoms with Crippen molar-refractivity contribution in [2.24, 2.45) is 0 Å². The van der Waals surface area contributed by atoms with Gasteiger partial charge in [-0.1, -0.05) is 5.16 Å². The van der Waals surface area contributed by atoms with Gasteiger partial charge in [-0.05, 0) is 26.1 Å². The molecule has 0 aliphatic rings. The zero-order valence-corrected chi connectivity index (χ0v) is 11.8. The fourth-order valence-corrected chi connectivity index (χ4v) is 1.62. The van der Waals surface area contributed by atoms with E-state index in [1.165, 1.54) is 24.3 Å². The lowest BCUT2D eigenvalue weighted by molar-refractivity contribution is -0.384. The lowest BCUT2D eigenvalue weighted by Crippen LogP contribution is -2.24. The smallest absolute Gasteiger partial charge is 0.269 e. The van der Waals surface area contributed by atoms with Crippen molar-refractivity contribution in [2.45, 2.75) is 26.0 Å². The van der Waals surface area contributed by atoms with Crippen LogP contribution in [0.2, 0.25) is 0 Å². The fourth-order valence-electron chi connectivity index (χ4n) is 1.62. The topological polar surface area (TPSA) is 103 Å². The number of nitrogens with zero attached hydrogens (tertiary/aromatic N) is 3. The van der Waals surface area contributed by atoms with Crippen molar-refractivity contribution in [3.63, 3.8) is 0 Å². The van der Waals surface area contributed by atoms with E-state index in [0.717, 1.165) is 0 Å². The van der Waals surface area contributed by atoms with E-state index in [9.17, 15) is 10.1 Å². The van der Waals surface area contributed by atoms with Crippen molar-refractivity contribution in [1.82, 2.24) is 15.5 Å². The highest BCUT2D eigenvalue weighted by atomic mass is 16.6. The number of benzene rings is 1. The first-order valence-electron chi connectivity index (χ1n) is 6.44. The van der Waals surface area contributed by atoms with E-state index in [4.69, 9.17) is 9.26 Å². The summed E-state index contributed by atoms with van der Waals surface area (Å²) in [5.74, 6) is 1.48. The Hall–Kier alpha value is -2.48. The predicted molar refractivity (Wildman–Crippen MR) is 74.0 cm³/mol. The molecule has 1 heterocycles. The highest BCUT2D eigenvalue weighted by molar-refractivity contribution is 5.35. The van der Waals surface area contributed by atoms with Gasteiger partial charge in [0.05, 0.1) is 4.92 Å². The number of aromatic nitrogens is 2. The number of non-ortho nitro benzene ring substituents is 1. The Labute approximate surface area is 121 Å². The molecule has 8 heteroatoms. The molecule has 1 aromatic carbocycles. The van der Waals surface area contributed by atoms with E-state index in [-0.39, 0.29) is 18.3 Å². The molecular formula is C13H16N4O4. The standard InChI is InChI=1S/C13H16N4O4/c1-9(14-2)7-12-15-13(21-16-12)8-20-11-5-3-10(4-6-11)17(18)19/h3-6,9,14H,7-8H2,1-2H3. The molecule has 0 bridgehead atoms. The van der Waals surface area contributed by atoms with E-state index >= 15 is 0 Å². The second kappa shape index (κ2) is 6.80. The summed E-state index contributed by atoms with van der Waals surface area (Å²) in [6, 6.07) is 6.06. The van der Waals surface area contributed by atoms with E-state index in [2.05, 4.69) is 15.5 Å². The van der Waals surface area contributed by atoms with Crippen LogP contribution in [-0.2, 0) is 13.0 Å². The third kappa shape index (κ3) is 4.25. The quantitative estimate of drug-likeness (QED) is 0.612. The zero-order valence-electron chi connectivity index (χ0n) is 11.8. The Kier molecular flexibility index (Phi) is 4.83. The minimum atomic E-state index is -0.461. The van der Waals surface area contributed by atoms with Gasteiger partial charge in [-0.3, -0.25) is 10.1 Å². The van der Waals surface area contributed by atoms with Crippen LogP contribution in [0.1, 0.15) is 18.6 Å². The van der Waals surface area contributed by atoms with Crippen molar-refractivity contribution in [3.05, 3.63) is 46.1 Å². The molecule has 0 saturated heterocycles. The van der Waals surface area contributed by atoms with Crippen LogP contribution in [0.15, 0.2) is 28.8 Å². The second-order valence-corrected chi connectivity index (χ2v) is 4.54. The zero-order chi connectivity index (χ0) is 15.2. The summed E-state index contributed by atoms with van der Waals surface area (Å²) in [5.41, 5.74) is 0.0171. The van der Waals surface area contributed by atoms with E-state index < -0.39 is 4.92 Å². The third-order valence-corrected chi connectivity index (χ3v) is 2.90. The summed E-state index contributed by atoms with van der Waals surface area (Å²) >= 11 is 0. The van der Waals surface area contributed by atoms with Crippen molar-refractivity contribution < 1.29 is 14.2 Å². The summed E-state index contributed by atoms with van der Waals surface area (Å²) in [6.07, 6.45) is 0.664. The predicted octanol–water partition coefficient (Wildman–Crippen LogP) is 1.71. The average Bonchev–Trinajstić information content (AvgIpc) is 2.93. The molecule has 0 aliphatic carbocycles. The molecule has 21 heavy (non-hydrogen) atoms. The van der Waals surface area contributed by atoms with Gasteiger partial charge in [-0.2, -0.15) is 4.98 Å². The van der Waals surface area contributed by atoms with Crippen molar-refractivity contribution in [2.75, 3.05) is 7.05 Å². The van der Waals surface area contributed by atoms with Crippen LogP contribution in [0, 0.1) is 10.1 Å². The molecule has 112 valence electrons. The van der Waals surface area contributed by atoms with Crippen LogP contribution in [0.4, 0.5) is 5.69 Å². The van der Waals surface area contributed by atoms with Gasteiger partial charge < -0.3 is 14.6 Å². The van der Waals surface area contributed by atoms with Crippen molar-refractivity contribution in [3.8, 4) is 5.75 Å². The van der Waals surface area contributed by atoms with Crippen molar-refractivity contribution in [1.29, 1.82) is 0 Å². The summed E-state index contributed by atoms with van der Waals surface area (Å²) in [4.78, 5) is 14.3. The number of nitro groups is 1. The summed E-state index contributed by atoms with van der Waals surface area (Å²) in [5, 5.41) is 17.5. The number of hydrogen-bond acceptors (Lipinski definition) is 7. The van der Waals surface area contributed by atoms with Gasteiger partial charge >= 0.3 is 0 Å². The molecular weight excluding hydrogens is 276 g/mol. The van der Waals surface area contributed by atoms with Crippen LogP contribution in [0.5, 0.6) is 5.75 Å². The Bertz CT molecular complexity index is 596. The first-order chi connectivity index (χ1) is 10.1. The molecule has 1 N–H and O–H groups in total. The molecule has 0 fully saturated rings. The summed E-state index contributed by atoms with van der Waals surface area (Å²) in [7, 11) is 1.86. The minimum Gasteiger partial charge on any atom is -0.484 e. The highest BCUT2D eigenvalue weighted by Gasteiger charge is 2.10. The maximum Gasteiger partial charge on any atom is 0.269 e. The molecule has 0 saturated carbocycles. The van der Waals surface area contributed by atoms with E-state index in [1.54, 1.807) is 0 Å². The monoisotopic (exact) mass is 292 g/mol. The first-order valence-corrected chi connectivity index (χ1v) is 6.44. The van der Waals surface area contributed by atoms with Crippen LogP contribution in [0.3, 0.4) is 0 Å². The molecule has 0 aliphatic heterocycles. The largest absolute Gasteiger partial charge is 0.484 e. The SMILES string of the molecule is CNC(C)Cc1noc(COc2ccc([N+](=O)[O-])cc2)n1. The molecule has 0 spiro atoms. The third-order valence-electron chi connectivity index (χ3n) is 2.90. The fraction of sp³-hybridized carbons (Fsp3) is 0.385. The average molecular weight is 292 g/mol. The maximum atomic E-state index is 10.5. The van der Waals surface area contributed by atoms with Crippen LogP contribution in [-0.4, -0.2) is 28.2 Å². The van der Waals surface area contributed by atoms with Crippen LogP contribution < -0.4 is 10.1 Å². The molecule has 0 amide bonds. The molecule has 1 unspecified atom stereocenters. The Balaban J connectivity index is 1.89. The van der Waals surface area contributed by atoms with Gasteiger partial charge in [0.15, 0.2) is 12.4 Å². The number of nitrogens with one attached hydrogen (secondary N) is 1. The van der Waals surface area contributed by atoms with E-state index in [1.807, 2.05) is 14.0 Å². The van der Waals surface area contributed by atoms with Gasteiger partial charge in [0.25, 0.3) is 11.6 Å². The highest BCUT2D eigenvalue weighted by Crippen LogP contribution is 2.18. The Morgan fingerprint density at radius 2 is 2.14 bits per heavy atom. The summed E-state index contributed by atoms with van der Waals surface area (Å²) in [6.45, 7) is 2.14. The normalized spacial score (nSPS) is 12.1. The van der Waals surface area contributed by atoms with Crippen LogP contribution >= 0.6 is 0 Å². The lowest BCUT2D eigenvalue weighted by Gasteiger charge is -2.04. The number of ether oxygens (including phenoxy) is 1. The van der Waals surface area contributed by atoms with Gasteiger partial charge in [0, 0.05) is 24.6 Å². The molecule has 0 radical (unpaired) electrons. The molecule has 1 atom stereocenters. The van der Waals surface area contributed by atoms with Gasteiger partial charge in [-0.25, -0.2) is 0 Å². The molecule has 1 aromatic heterocycles. The van der Waals surface area contributed by atoms with Crippen molar-refractivity contribution >= 4 is 5.69 Å². The Morgan fingerprint density at radius 3 is 2.76 bits per heavy atom. The Morgan fingerprint density at radius 1 is 1.43 bits per heavy atom. The maximum absolute atomic E-state index is 10.5. The number of rotatable bonds is 7. The number of nitro benzene ring substituents is 1.